The van der Waals surface area contributed by atoms with Crippen molar-refractivity contribution in [3.05, 3.63) is 24.0 Å². The van der Waals surface area contributed by atoms with Gasteiger partial charge in [0.05, 0.1) is 6.61 Å². The molecular formula is C13H18N2O3. The van der Waals surface area contributed by atoms with Gasteiger partial charge in [0.1, 0.15) is 0 Å². The Labute approximate surface area is 106 Å². The standard InChI is InChI=1S/C13H18N2O3/c16-13(17)12-11(5-3-6-14-12)18-10-4-9-15-7-1-2-8-15/h3,5-6H,1-2,4,7-10H2,(H,16,17). The molecular weight excluding hydrogens is 232 g/mol. The summed E-state index contributed by atoms with van der Waals surface area (Å²) in [6, 6.07) is 3.33. The minimum absolute atomic E-state index is 0.0151. The number of nitrogens with zero attached hydrogens (tertiary/aromatic N) is 2. The highest BCUT2D eigenvalue weighted by Crippen LogP contribution is 2.15. The van der Waals surface area contributed by atoms with Crippen molar-refractivity contribution in [2.24, 2.45) is 0 Å². The Bertz CT molecular complexity index is 403. The van der Waals surface area contributed by atoms with Crippen LogP contribution in [0.2, 0.25) is 0 Å². The highest BCUT2D eigenvalue weighted by molar-refractivity contribution is 5.88. The number of carbonyl (C=O) groups is 1. The van der Waals surface area contributed by atoms with Crippen LogP contribution in [0.15, 0.2) is 18.3 Å². The second-order valence-corrected chi connectivity index (χ2v) is 4.41. The lowest BCUT2D eigenvalue weighted by atomic mass is 10.3. The van der Waals surface area contributed by atoms with E-state index < -0.39 is 5.97 Å². The Kier molecular flexibility index (Phi) is 4.52. The van der Waals surface area contributed by atoms with Gasteiger partial charge in [-0.1, -0.05) is 0 Å². The van der Waals surface area contributed by atoms with E-state index in [2.05, 4.69) is 9.88 Å². The molecule has 1 aromatic heterocycles. The molecule has 0 aliphatic carbocycles. The fourth-order valence-corrected chi connectivity index (χ4v) is 2.14. The fourth-order valence-electron chi connectivity index (χ4n) is 2.14. The molecule has 1 aliphatic rings. The van der Waals surface area contributed by atoms with Crippen molar-refractivity contribution in [1.82, 2.24) is 9.88 Å². The van der Waals surface area contributed by atoms with E-state index in [9.17, 15) is 4.79 Å². The van der Waals surface area contributed by atoms with E-state index in [1.807, 2.05) is 0 Å². The molecule has 2 heterocycles. The van der Waals surface area contributed by atoms with Crippen LogP contribution >= 0.6 is 0 Å². The van der Waals surface area contributed by atoms with Crippen molar-refractivity contribution in [2.75, 3.05) is 26.2 Å². The number of likely N-dealkylation sites (tertiary alicyclic amines) is 1. The van der Waals surface area contributed by atoms with Crippen LogP contribution in [0.3, 0.4) is 0 Å². The summed E-state index contributed by atoms with van der Waals surface area (Å²) in [7, 11) is 0. The molecule has 18 heavy (non-hydrogen) atoms. The highest BCUT2D eigenvalue weighted by atomic mass is 16.5. The SMILES string of the molecule is O=C(O)c1ncccc1OCCCN1CCCC1. The number of hydrogen-bond donors (Lipinski definition) is 1. The number of aromatic carboxylic acids is 1. The Balaban J connectivity index is 1.77. The second-order valence-electron chi connectivity index (χ2n) is 4.41. The zero-order valence-corrected chi connectivity index (χ0v) is 10.3. The van der Waals surface area contributed by atoms with Crippen molar-refractivity contribution < 1.29 is 14.6 Å². The summed E-state index contributed by atoms with van der Waals surface area (Å²) in [6.07, 6.45) is 4.94. The maximum Gasteiger partial charge on any atom is 0.358 e. The molecule has 1 saturated heterocycles. The minimum Gasteiger partial charge on any atom is -0.491 e. The van der Waals surface area contributed by atoms with Crippen LogP contribution in [-0.2, 0) is 0 Å². The molecule has 1 aliphatic heterocycles. The maximum absolute atomic E-state index is 10.9. The fraction of sp³-hybridized carbons (Fsp3) is 0.538. The lowest BCUT2D eigenvalue weighted by Gasteiger charge is -2.14. The number of carboxylic acid groups (broad SMARTS) is 1. The summed E-state index contributed by atoms with van der Waals surface area (Å²) < 4.78 is 5.49. The van der Waals surface area contributed by atoms with Crippen molar-refractivity contribution >= 4 is 5.97 Å². The van der Waals surface area contributed by atoms with Gasteiger partial charge in [-0.05, 0) is 44.5 Å². The summed E-state index contributed by atoms with van der Waals surface area (Å²) in [6.45, 7) is 3.89. The van der Waals surface area contributed by atoms with Crippen molar-refractivity contribution in [2.45, 2.75) is 19.3 Å². The van der Waals surface area contributed by atoms with Gasteiger partial charge in [0, 0.05) is 12.7 Å². The molecule has 1 aromatic rings. The maximum atomic E-state index is 10.9. The van der Waals surface area contributed by atoms with E-state index in [0.717, 1.165) is 13.0 Å². The van der Waals surface area contributed by atoms with Gasteiger partial charge in [-0.25, -0.2) is 9.78 Å². The summed E-state index contributed by atoms with van der Waals surface area (Å²) in [5, 5.41) is 8.94. The molecule has 0 aromatic carbocycles. The zero-order valence-electron chi connectivity index (χ0n) is 10.3. The minimum atomic E-state index is -1.05. The summed E-state index contributed by atoms with van der Waals surface area (Å²) in [4.78, 5) is 17.1. The first-order valence-electron chi connectivity index (χ1n) is 6.31. The van der Waals surface area contributed by atoms with Gasteiger partial charge in [-0.2, -0.15) is 0 Å². The van der Waals surface area contributed by atoms with Crippen LogP contribution in [-0.4, -0.2) is 47.2 Å². The monoisotopic (exact) mass is 250 g/mol. The Morgan fingerprint density at radius 1 is 1.44 bits per heavy atom. The first-order valence-corrected chi connectivity index (χ1v) is 6.31. The van der Waals surface area contributed by atoms with E-state index in [0.29, 0.717) is 12.4 Å². The number of pyridine rings is 1. The van der Waals surface area contributed by atoms with Crippen LogP contribution in [0.4, 0.5) is 0 Å². The molecule has 0 spiro atoms. The van der Waals surface area contributed by atoms with Gasteiger partial charge in [-0.15, -0.1) is 0 Å². The lowest BCUT2D eigenvalue weighted by Crippen LogP contribution is -2.22. The molecule has 0 radical (unpaired) electrons. The molecule has 0 amide bonds. The van der Waals surface area contributed by atoms with Gasteiger partial charge < -0.3 is 14.7 Å². The Morgan fingerprint density at radius 2 is 2.22 bits per heavy atom. The molecule has 0 atom stereocenters. The van der Waals surface area contributed by atoms with Crippen LogP contribution < -0.4 is 4.74 Å². The summed E-state index contributed by atoms with van der Waals surface area (Å²) in [5.74, 6) is -0.698. The average Bonchev–Trinajstić information content (AvgIpc) is 2.88. The first kappa shape index (κ1) is 12.8. The van der Waals surface area contributed by atoms with Crippen molar-refractivity contribution in [1.29, 1.82) is 0 Å². The van der Waals surface area contributed by atoms with E-state index in [-0.39, 0.29) is 5.69 Å². The van der Waals surface area contributed by atoms with Gasteiger partial charge in [0.15, 0.2) is 11.4 Å². The van der Waals surface area contributed by atoms with Crippen molar-refractivity contribution in [3.8, 4) is 5.75 Å². The van der Waals surface area contributed by atoms with E-state index in [1.54, 1.807) is 12.1 Å². The molecule has 5 nitrogen and oxygen atoms in total. The predicted molar refractivity (Wildman–Crippen MR) is 67.0 cm³/mol. The van der Waals surface area contributed by atoms with E-state index >= 15 is 0 Å². The number of rotatable bonds is 6. The Hall–Kier alpha value is -1.62. The van der Waals surface area contributed by atoms with E-state index in [1.165, 1.54) is 32.1 Å². The predicted octanol–water partition coefficient (Wildman–Crippen LogP) is 1.64. The van der Waals surface area contributed by atoms with Gasteiger partial charge in [0.2, 0.25) is 0 Å². The third-order valence-electron chi connectivity index (χ3n) is 3.05. The topological polar surface area (TPSA) is 62.7 Å². The molecule has 1 fully saturated rings. The van der Waals surface area contributed by atoms with Crippen LogP contribution in [0.25, 0.3) is 0 Å². The largest absolute Gasteiger partial charge is 0.491 e. The molecule has 0 saturated carbocycles. The van der Waals surface area contributed by atoms with Gasteiger partial charge in [-0.3, -0.25) is 0 Å². The highest BCUT2D eigenvalue weighted by Gasteiger charge is 2.13. The van der Waals surface area contributed by atoms with Crippen LogP contribution in [0.5, 0.6) is 5.75 Å². The van der Waals surface area contributed by atoms with Crippen LogP contribution in [0, 0.1) is 0 Å². The van der Waals surface area contributed by atoms with Crippen LogP contribution in [0.1, 0.15) is 29.8 Å². The third-order valence-corrected chi connectivity index (χ3v) is 3.05. The molecule has 0 bridgehead atoms. The number of ether oxygens (including phenoxy) is 1. The van der Waals surface area contributed by atoms with Gasteiger partial charge >= 0.3 is 5.97 Å². The summed E-state index contributed by atoms with van der Waals surface area (Å²) >= 11 is 0. The third kappa shape index (κ3) is 3.43. The average molecular weight is 250 g/mol. The van der Waals surface area contributed by atoms with Crippen molar-refractivity contribution in [3.63, 3.8) is 0 Å². The smallest absolute Gasteiger partial charge is 0.358 e. The summed E-state index contributed by atoms with van der Waals surface area (Å²) in [5.41, 5.74) is -0.0151. The zero-order chi connectivity index (χ0) is 12.8. The molecule has 1 N–H and O–H groups in total. The van der Waals surface area contributed by atoms with E-state index in [4.69, 9.17) is 9.84 Å². The normalized spacial score (nSPS) is 15.8. The molecule has 0 unspecified atom stereocenters. The number of aromatic nitrogens is 1. The number of hydrogen-bond acceptors (Lipinski definition) is 4. The quantitative estimate of drug-likeness (QED) is 0.778. The second kappa shape index (κ2) is 6.35. The molecule has 2 rings (SSSR count). The number of carboxylic acids is 1. The first-order chi connectivity index (χ1) is 8.77. The molecule has 98 valence electrons. The lowest BCUT2D eigenvalue weighted by molar-refractivity contribution is 0.0685. The van der Waals surface area contributed by atoms with Gasteiger partial charge in [0.25, 0.3) is 0 Å². The Morgan fingerprint density at radius 3 is 2.94 bits per heavy atom. The molecule has 5 heteroatoms.